The Morgan fingerprint density at radius 2 is 1.93 bits per heavy atom. The van der Waals surface area contributed by atoms with Crippen LogP contribution in [-0.4, -0.2) is 53.8 Å². The molecule has 1 aliphatic carbocycles. The standard InChI is InChI=1S/C31H40ClFN4O3/c1-6-34-28(38)27(19-10-9-11-19)37-29(39)31(4,18-40-5)20-14-15-24-25(16-20)36-26(35-24)17-22(30(2,3)33)21-12-7-8-13-23(21)32/h7-8,12-16,19,22,27H,6,9-11,17-18H2,1-5H3,(H,34,38)(H,35,36)(H,37,39)/t22?,27-,31?/m1/s1. The molecule has 9 heteroatoms. The van der Waals surface area contributed by atoms with Crippen LogP contribution in [0.15, 0.2) is 42.5 Å². The second-order valence-electron chi connectivity index (χ2n) is 11.6. The number of nitrogens with zero attached hydrogens (tertiary/aromatic N) is 1. The van der Waals surface area contributed by atoms with Crippen LogP contribution < -0.4 is 10.6 Å². The summed E-state index contributed by atoms with van der Waals surface area (Å²) in [5.41, 5.74) is 0.316. The van der Waals surface area contributed by atoms with Crippen molar-refractivity contribution in [3.05, 3.63) is 64.4 Å². The minimum Gasteiger partial charge on any atom is -0.383 e. The van der Waals surface area contributed by atoms with Crippen molar-refractivity contribution in [3.63, 3.8) is 0 Å². The number of rotatable bonds is 12. The van der Waals surface area contributed by atoms with Gasteiger partial charge in [-0.1, -0.05) is 42.3 Å². The van der Waals surface area contributed by atoms with Gasteiger partial charge in [-0.25, -0.2) is 9.37 Å². The number of ether oxygens (including phenoxy) is 1. The number of likely N-dealkylation sites (N-methyl/N-ethyl adjacent to an activating group) is 1. The van der Waals surface area contributed by atoms with Crippen molar-refractivity contribution in [1.29, 1.82) is 0 Å². The molecule has 2 aromatic carbocycles. The average molecular weight is 571 g/mol. The van der Waals surface area contributed by atoms with E-state index < -0.39 is 23.0 Å². The maximum Gasteiger partial charge on any atom is 0.242 e. The summed E-state index contributed by atoms with van der Waals surface area (Å²) in [4.78, 5) is 34.6. The minimum atomic E-state index is -1.54. The molecule has 2 unspecified atom stereocenters. The van der Waals surface area contributed by atoms with E-state index in [0.717, 1.165) is 35.9 Å². The number of carbonyl (C=O) groups excluding carboxylic acids is 2. The van der Waals surface area contributed by atoms with Crippen LogP contribution in [0.25, 0.3) is 11.0 Å². The zero-order valence-corrected chi connectivity index (χ0v) is 24.7. The van der Waals surface area contributed by atoms with E-state index in [2.05, 4.69) is 15.6 Å². The largest absolute Gasteiger partial charge is 0.383 e. The van der Waals surface area contributed by atoms with Gasteiger partial charge < -0.3 is 20.4 Å². The highest BCUT2D eigenvalue weighted by molar-refractivity contribution is 6.31. The van der Waals surface area contributed by atoms with Crippen LogP contribution in [0.5, 0.6) is 0 Å². The predicted molar refractivity (Wildman–Crippen MR) is 156 cm³/mol. The second-order valence-corrected chi connectivity index (χ2v) is 12.0. The molecule has 4 rings (SSSR count). The molecule has 0 spiro atoms. The van der Waals surface area contributed by atoms with E-state index in [9.17, 15) is 9.59 Å². The monoisotopic (exact) mass is 570 g/mol. The summed E-state index contributed by atoms with van der Waals surface area (Å²) < 4.78 is 20.9. The van der Waals surface area contributed by atoms with Gasteiger partial charge in [0.25, 0.3) is 0 Å². The number of amides is 2. The Morgan fingerprint density at radius 1 is 1.20 bits per heavy atom. The van der Waals surface area contributed by atoms with Gasteiger partial charge in [0, 0.05) is 31.0 Å². The number of hydrogen-bond donors (Lipinski definition) is 3. The Kier molecular flexibility index (Phi) is 9.20. The fraction of sp³-hybridized carbons (Fsp3) is 0.516. The second kappa shape index (κ2) is 12.3. The fourth-order valence-corrected chi connectivity index (χ4v) is 5.77. The molecular formula is C31H40ClFN4O3. The van der Waals surface area contributed by atoms with E-state index in [0.29, 0.717) is 29.3 Å². The molecule has 1 saturated carbocycles. The van der Waals surface area contributed by atoms with Gasteiger partial charge in [0.15, 0.2) is 0 Å². The van der Waals surface area contributed by atoms with Crippen molar-refractivity contribution in [2.75, 3.05) is 20.3 Å². The number of aromatic amines is 1. The third-order valence-electron chi connectivity index (χ3n) is 8.15. The Balaban J connectivity index is 1.63. The molecule has 1 heterocycles. The zero-order chi connectivity index (χ0) is 29.1. The van der Waals surface area contributed by atoms with Gasteiger partial charge in [-0.2, -0.15) is 0 Å². The van der Waals surface area contributed by atoms with Crippen LogP contribution in [0.4, 0.5) is 4.39 Å². The normalized spacial score (nSPS) is 17.1. The maximum atomic E-state index is 15.4. The zero-order valence-electron chi connectivity index (χ0n) is 23.9. The number of fused-ring (bicyclic) bond motifs is 1. The topological polar surface area (TPSA) is 96.1 Å². The van der Waals surface area contributed by atoms with Crippen LogP contribution in [0, 0.1) is 5.92 Å². The number of halogens is 2. The van der Waals surface area contributed by atoms with Crippen molar-refractivity contribution in [2.45, 2.75) is 76.4 Å². The third kappa shape index (κ3) is 6.33. The van der Waals surface area contributed by atoms with Crippen molar-refractivity contribution < 1.29 is 18.7 Å². The third-order valence-corrected chi connectivity index (χ3v) is 8.49. The Bertz CT molecular complexity index is 1350. The number of benzene rings is 2. The Morgan fingerprint density at radius 3 is 2.52 bits per heavy atom. The van der Waals surface area contributed by atoms with Crippen LogP contribution in [0.3, 0.4) is 0 Å². The quantitative estimate of drug-likeness (QED) is 0.263. The summed E-state index contributed by atoms with van der Waals surface area (Å²) in [6.07, 6.45) is 3.21. The highest BCUT2D eigenvalue weighted by atomic mass is 35.5. The smallest absolute Gasteiger partial charge is 0.242 e. The predicted octanol–water partition coefficient (Wildman–Crippen LogP) is 5.62. The molecule has 3 atom stereocenters. The molecule has 7 nitrogen and oxygen atoms in total. The number of nitrogens with one attached hydrogen (secondary N) is 3. The van der Waals surface area contributed by atoms with Gasteiger partial charge in [-0.05, 0) is 75.8 Å². The van der Waals surface area contributed by atoms with Gasteiger partial charge in [0.1, 0.15) is 17.5 Å². The first kappa shape index (κ1) is 30.0. The molecule has 0 bridgehead atoms. The lowest BCUT2D eigenvalue weighted by atomic mass is 9.77. The minimum absolute atomic E-state index is 0.128. The van der Waals surface area contributed by atoms with Gasteiger partial charge >= 0.3 is 0 Å². The first-order chi connectivity index (χ1) is 19.0. The fourth-order valence-electron chi connectivity index (χ4n) is 5.50. The molecule has 0 saturated heterocycles. The van der Waals surface area contributed by atoms with E-state index in [1.165, 1.54) is 0 Å². The van der Waals surface area contributed by atoms with E-state index in [1.807, 2.05) is 50.2 Å². The Hall–Kier alpha value is -2.97. The van der Waals surface area contributed by atoms with E-state index in [1.54, 1.807) is 27.0 Å². The van der Waals surface area contributed by atoms with Crippen LogP contribution in [0.1, 0.15) is 69.8 Å². The summed E-state index contributed by atoms with van der Waals surface area (Å²) >= 11 is 6.43. The number of alkyl halides is 1. The number of methoxy groups -OCH3 is 1. The van der Waals surface area contributed by atoms with Crippen molar-refractivity contribution in [1.82, 2.24) is 20.6 Å². The lowest BCUT2D eigenvalue weighted by Crippen LogP contribution is -2.57. The first-order valence-corrected chi connectivity index (χ1v) is 14.4. The van der Waals surface area contributed by atoms with Gasteiger partial charge in [-0.3, -0.25) is 9.59 Å². The molecule has 0 aliphatic heterocycles. The molecule has 3 aromatic rings. The summed E-state index contributed by atoms with van der Waals surface area (Å²) in [6.45, 7) is 7.42. The lowest BCUT2D eigenvalue weighted by molar-refractivity contribution is -0.135. The first-order valence-electron chi connectivity index (χ1n) is 14.0. The summed E-state index contributed by atoms with van der Waals surface area (Å²) in [5.74, 6) is -0.177. The summed E-state index contributed by atoms with van der Waals surface area (Å²) in [7, 11) is 1.55. The van der Waals surface area contributed by atoms with Crippen LogP contribution >= 0.6 is 11.6 Å². The molecule has 1 aromatic heterocycles. The number of imidazole rings is 1. The van der Waals surface area contributed by atoms with Crippen LogP contribution in [-0.2, 0) is 26.2 Å². The van der Waals surface area contributed by atoms with E-state index in [4.69, 9.17) is 21.3 Å². The molecule has 40 heavy (non-hydrogen) atoms. The number of H-pyrrole nitrogens is 1. The summed E-state index contributed by atoms with van der Waals surface area (Å²) in [6, 6.07) is 12.3. The van der Waals surface area contributed by atoms with Crippen molar-refractivity contribution >= 4 is 34.4 Å². The molecular weight excluding hydrogens is 531 g/mol. The van der Waals surface area contributed by atoms with E-state index in [-0.39, 0.29) is 24.3 Å². The Labute approximate surface area is 240 Å². The van der Waals surface area contributed by atoms with Crippen LogP contribution in [0.2, 0.25) is 5.02 Å². The summed E-state index contributed by atoms with van der Waals surface area (Å²) in [5, 5.41) is 6.41. The maximum absolute atomic E-state index is 15.4. The SMILES string of the molecule is CCNC(=O)[C@H](NC(=O)C(C)(COC)c1ccc2nc(CC(c3ccccc3Cl)C(C)(C)F)[nH]c2c1)C1CCC1. The van der Waals surface area contributed by atoms with Gasteiger partial charge in [0.05, 0.1) is 23.1 Å². The lowest BCUT2D eigenvalue weighted by Gasteiger charge is -2.36. The van der Waals surface area contributed by atoms with E-state index >= 15 is 4.39 Å². The highest BCUT2D eigenvalue weighted by Gasteiger charge is 2.41. The molecule has 3 N–H and O–H groups in total. The molecule has 1 fully saturated rings. The molecule has 2 amide bonds. The average Bonchev–Trinajstić information content (AvgIpc) is 3.28. The number of carbonyl (C=O) groups is 2. The molecule has 0 radical (unpaired) electrons. The number of hydrogen-bond acceptors (Lipinski definition) is 4. The van der Waals surface area contributed by atoms with Gasteiger partial charge in [0.2, 0.25) is 11.8 Å². The molecule has 216 valence electrons. The van der Waals surface area contributed by atoms with Crippen molar-refractivity contribution in [3.8, 4) is 0 Å². The molecule has 1 aliphatic rings. The highest BCUT2D eigenvalue weighted by Crippen LogP contribution is 2.38. The van der Waals surface area contributed by atoms with Gasteiger partial charge in [-0.15, -0.1) is 0 Å². The number of aromatic nitrogens is 2. The van der Waals surface area contributed by atoms with Crippen molar-refractivity contribution in [2.24, 2.45) is 5.92 Å².